The molecule has 5 rings (SSSR count). The van der Waals surface area contributed by atoms with E-state index in [1.54, 1.807) is 0 Å². The van der Waals surface area contributed by atoms with E-state index in [4.69, 9.17) is 0 Å². The highest BCUT2D eigenvalue weighted by Crippen LogP contribution is 2.37. The van der Waals surface area contributed by atoms with E-state index in [1.807, 2.05) is 42.8 Å². The lowest BCUT2D eigenvalue weighted by atomic mass is 9.96. The van der Waals surface area contributed by atoms with Gasteiger partial charge in [-0.25, -0.2) is 31.6 Å². The molecule has 0 unspecified atom stereocenters. The molecule has 3 heterocycles. The first-order valence-corrected chi connectivity index (χ1v) is 15.0. The van der Waals surface area contributed by atoms with Gasteiger partial charge in [-0.1, -0.05) is 26.0 Å². The summed E-state index contributed by atoms with van der Waals surface area (Å²) >= 11 is 0. The van der Waals surface area contributed by atoms with Crippen LogP contribution in [0.25, 0.3) is 27.8 Å². The summed E-state index contributed by atoms with van der Waals surface area (Å²) in [6, 6.07) is 14.6. The smallest absolute Gasteiger partial charge is 0.283 e. The van der Waals surface area contributed by atoms with E-state index >= 15 is 0 Å². The van der Waals surface area contributed by atoms with Crippen LogP contribution in [0.4, 0.5) is 14.5 Å². The van der Waals surface area contributed by atoms with Crippen LogP contribution in [-0.4, -0.2) is 48.4 Å². The number of piperidine rings is 1. The summed E-state index contributed by atoms with van der Waals surface area (Å²) in [5.74, 6) is -2.66. The van der Waals surface area contributed by atoms with Crippen LogP contribution in [0.15, 0.2) is 48.5 Å². The van der Waals surface area contributed by atoms with Gasteiger partial charge in [0.25, 0.3) is 5.91 Å². The monoisotopic (exact) mass is 578 g/mol. The molecule has 212 valence electrons. The van der Waals surface area contributed by atoms with E-state index in [9.17, 15) is 27.3 Å². The van der Waals surface area contributed by atoms with Gasteiger partial charge in [-0.2, -0.15) is 10.4 Å². The van der Waals surface area contributed by atoms with E-state index in [0.29, 0.717) is 22.2 Å². The summed E-state index contributed by atoms with van der Waals surface area (Å²) in [6.45, 7) is 5.35. The van der Waals surface area contributed by atoms with Crippen LogP contribution in [0.5, 0.6) is 0 Å². The fourth-order valence-electron chi connectivity index (χ4n) is 5.05. The van der Waals surface area contributed by atoms with Crippen LogP contribution in [0.1, 0.15) is 48.8 Å². The van der Waals surface area contributed by atoms with Crippen LogP contribution in [0.2, 0.25) is 0 Å². The summed E-state index contributed by atoms with van der Waals surface area (Å²) < 4.78 is 55.5. The molecule has 2 aromatic carbocycles. The van der Waals surface area contributed by atoms with E-state index in [2.05, 4.69) is 21.1 Å². The number of benzene rings is 2. The van der Waals surface area contributed by atoms with Gasteiger partial charge in [0.15, 0.2) is 11.5 Å². The molecule has 1 fully saturated rings. The average molecular weight is 579 g/mol. The summed E-state index contributed by atoms with van der Waals surface area (Å²) in [6.07, 6.45) is 2.44. The van der Waals surface area contributed by atoms with Crippen molar-refractivity contribution in [3.05, 3.63) is 71.6 Å². The number of pyridine rings is 1. The van der Waals surface area contributed by atoms with E-state index < -0.39 is 27.6 Å². The molecule has 0 bridgehead atoms. The number of carbonyl (C=O) groups is 1. The number of aromatic nitrogens is 3. The van der Waals surface area contributed by atoms with Gasteiger partial charge in [0.05, 0.1) is 23.4 Å². The number of sulfonamides is 1. The Labute approximate surface area is 236 Å². The Morgan fingerprint density at radius 2 is 1.78 bits per heavy atom. The van der Waals surface area contributed by atoms with Crippen LogP contribution in [0, 0.1) is 28.9 Å². The Morgan fingerprint density at radius 3 is 2.37 bits per heavy atom. The fourth-order valence-corrected chi connectivity index (χ4v) is 5.49. The summed E-state index contributed by atoms with van der Waals surface area (Å²) in [5, 5.41) is 14.4. The van der Waals surface area contributed by atoms with Gasteiger partial charge in [0, 0.05) is 30.8 Å². The number of anilines is 1. The van der Waals surface area contributed by atoms with Gasteiger partial charge >= 0.3 is 0 Å². The maximum atomic E-state index is 14.9. The van der Waals surface area contributed by atoms with Crippen molar-refractivity contribution in [3.8, 4) is 22.9 Å². The first-order valence-electron chi connectivity index (χ1n) is 13.1. The number of halogens is 2. The molecule has 1 aliphatic heterocycles. The van der Waals surface area contributed by atoms with Crippen molar-refractivity contribution < 1.29 is 22.0 Å². The third kappa shape index (κ3) is 5.76. The predicted molar refractivity (Wildman–Crippen MR) is 151 cm³/mol. The first kappa shape index (κ1) is 28.2. The zero-order chi connectivity index (χ0) is 29.5. The molecule has 1 aliphatic rings. The Bertz CT molecular complexity index is 1790. The molecule has 0 saturated carbocycles. The van der Waals surface area contributed by atoms with E-state index in [-0.39, 0.29) is 28.9 Å². The molecular weight excluding hydrogens is 550 g/mol. The van der Waals surface area contributed by atoms with Gasteiger partial charge in [-0.05, 0) is 60.2 Å². The molecule has 1 saturated heterocycles. The summed E-state index contributed by atoms with van der Waals surface area (Å²) in [5.41, 5.74) is 2.67. The minimum atomic E-state index is -3.90. The highest BCUT2D eigenvalue weighted by Gasteiger charge is 2.25. The molecule has 9 nitrogen and oxygen atoms in total. The number of fused-ring (bicyclic) bond motifs is 1. The second-order valence-electron chi connectivity index (χ2n) is 10.4. The van der Waals surface area contributed by atoms with Crippen LogP contribution < -0.4 is 9.62 Å². The van der Waals surface area contributed by atoms with Crippen molar-refractivity contribution in [2.75, 3.05) is 24.2 Å². The van der Waals surface area contributed by atoms with Crippen LogP contribution >= 0.6 is 0 Å². The minimum Gasteiger partial charge on any atom is -0.371 e. The molecule has 0 atom stereocenters. The third-order valence-electron chi connectivity index (χ3n) is 7.08. The molecule has 4 aromatic rings. The van der Waals surface area contributed by atoms with Crippen molar-refractivity contribution in [2.24, 2.45) is 5.92 Å². The molecule has 1 N–H and O–H groups in total. The fraction of sp³-hybridized carbons (Fsp3) is 0.310. The topological polar surface area (TPSA) is 121 Å². The number of nitrogens with zero attached hydrogens (tertiary/aromatic N) is 5. The zero-order valence-electron chi connectivity index (χ0n) is 22.7. The number of amides is 1. The molecule has 2 aromatic heterocycles. The van der Waals surface area contributed by atoms with Crippen molar-refractivity contribution in [1.29, 1.82) is 5.26 Å². The lowest BCUT2D eigenvalue weighted by molar-refractivity contribution is 0.0977. The maximum absolute atomic E-state index is 14.9. The molecule has 41 heavy (non-hydrogen) atoms. The van der Waals surface area contributed by atoms with Crippen LogP contribution in [-0.2, 0) is 10.0 Å². The Hall–Kier alpha value is -4.37. The van der Waals surface area contributed by atoms with Gasteiger partial charge in [-0.15, -0.1) is 0 Å². The van der Waals surface area contributed by atoms with Crippen molar-refractivity contribution in [2.45, 2.75) is 32.6 Å². The van der Waals surface area contributed by atoms with Gasteiger partial charge < -0.3 is 4.90 Å². The zero-order valence-corrected chi connectivity index (χ0v) is 23.5. The van der Waals surface area contributed by atoms with Gasteiger partial charge in [-0.3, -0.25) is 4.79 Å². The number of nitrogens with one attached hydrogen (secondary N) is 1. The average Bonchev–Trinajstić information content (AvgIpc) is 3.31. The van der Waals surface area contributed by atoms with Crippen LogP contribution in [0.3, 0.4) is 0 Å². The SMILES string of the molecule is CC(C)c1nn(-c2ccc(F)cc2F)c2nc(C(=O)NS(C)(=O)=O)cc(-c3ccc(N4CCC(C#N)CC4)cc3)c12. The van der Waals surface area contributed by atoms with E-state index in [1.165, 1.54) is 16.8 Å². The summed E-state index contributed by atoms with van der Waals surface area (Å²) in [7, 11) is -3.90. The number of nitriles is 1. The van der Waals surface area contributed by atoms with Crippen molar-refractivity contribution in [3.63, 3.8) is 0 Å². The Kier molecular flexibility index (Phi) is 7.48. The Morgan fingerprint density at radius 1 is 1.10 bits per heavy atom. The molecule has 1 amide bonds. The molecule has 0 radical (unpaired) electrons. The van der Waals surface area contributed by atoms with E-state index in [0.717, 1.165) is 50.0 Å². The largest absolute Gasteiger partial charge is 0.371 e. The van der Waals surface area contributed by atoms with Crippen molar-refractivity contribution in [1.82, 2.24) is 19.5 Å². The standard InChI is InChI=1S/C29H28F2N6O3S/c1-17(2)27-26-22(19-4-7-21(8-5-19)36-12-10-18(16-32)11-13-36)15-24(29(38)35-41(3,39)40)33-28(26)37(34-27)25-9-6-20(30)14-23(25)31/h4-9,14-15,17-18H,10-13H2,1-3H3,(H,35,38). The maximum Gasteiger partial charge on any atom is 0.283 e. The molecular formula is C29H28F2N6O3S. The summed E-state index contributed by atoms with van der Waals surface area (Å²) in [4.78, 5) is 19.6. The highest BCUT2D eigenvalue weighted by atomic mass is 32.2. The lowest BCUT2D eigenvalue weighted by Gasteiger charge is -2.31. The normalized spacial score (nSPS) is 14.4. The van der Waals surface area contributed by atoms with Crippen molar-refractivity contribution >= 4 is 32.7 Å². The Balaban J connectivity index is 1.69. The van der Waals surface area contributed by atoms with Gasteiger partial charge in [0.1, 0.15) is 17.2 Å². The second-order valence-corrected chi connectivity index (χ2v) is 12.2. The van der Waals surface area contributed by atoms with Gasteiger partial charge in [0.2, 0.25) is 10.0 Å². The number of hydrogen-bond donors (Lipinski definition) is 1. The molecule has 0 aliphatic carbocycles. The second kappa shape index (κ2) is 10.9. The quantitative estimate of drug-likeness (QED) is 0.345. The molecule has 12 heteroatoms. The third-order valence-corrected chi connectivity index (χ3v) is 7.64. The minimum absolute atomic E-state index is 0.0593. The number of hydrogen-bond acceptors (Lipinski definition) is 7. The lowest BCUT2D eigenvalue weighted by Crippen LogP contribution is -2.33. The highest BCUT2D eigenvalue weighted by molar-refractivity contribution is 7.89. The first-order chi connectivity index (χ1) is 19.4. The number of rotatable bonds is 6. The number of carbonyl (C=O) groups excluding carboxylic acids is 1. The predicted octanol–water partition coefficient (Wildman–Crippen LogP) is 4.92. The molecule has 0 spiro atoms.